The lowest BCUT2D eigenvalue weighted by Gasteiger charge is -2.42. The van der Waals surface area contributed by atoms with Gasteiger partial charge < -0.3 is 24.6 Å². The van der Waals surface area contributed by atoms with Crippen LogP contribution in [0, 0.1) is 11.3 Å². The maximum atomic E-state index is 10.6. The zero-order valence-corrected chi connectivity index (χ0v) is 22.1. The predicted molar refractivity (Wildman–Crippen MR) is 126 cm³/mol. The molecule has 0 aromatic carbocycles. The number of methoxy groups -OCH3 is 2. The maximum absolute atomic E-state index is 10.6. The minimum atomic E-state index is -5.08. The van der Waals surface area contributed by atoms with E-state index >= 15 is 0 Å². The minimum Gasteiger partial charge on any atom is -0.475 e. The molecule has 10 nitrogen and oxygen atoms in total. The first-order valence-corrected chi connectivity index (χ1v) is 12.1. The molecule has 1 unspecified atom stereocenters. The van der Waals surface area contributed by atoms with Gasteiger partial charge in [0.1, 0.15) is 0 Å². The number of aromatic nitrogens is 2. The van der Waals surface area contributed by atoms with Crippen LogP contribution in [0.15, 0.2) is 12.4 Å². The Morgan fingerprint density at radius 2 is 1.56 bits per heavy atom. The molecule has 2 aliphatic heterocycles. The molecule has 3 heterocycles. The molecule has 0 saturated carbocycles. The molecule has 0 amide bonds. The molecular formula is C23H36F6N4O6. The van der Waals surface area contributed by atoms with E-state index in [1.165, 1.54) is 38.0 Å². The highest BCUT2D eigenvalue weighted by atomic mass is 19.4. The number of carbonyl (C=O) groups is 2. The summed E-state index contributed by atoms with van der Waals surface area (Å²) in [5.74, 6) is -4.86. The number of alkyl halides is 6. The van der Waals surface area contributed by atoms with E-state index in [1.807, 2.05) is 18.0 Å². The molecule has 1 atom stereocenters. The molecule has 1 aromatic heterocycles. The Balaban J connectivity index is 0.000000449. The molecule has 2 saturated heterocycles. The van der Waals surface area contributed by atoms with E-state index in [2.05, 4.69) is 28.0 Å². The van der Waals surface area contributed by atoms with Gasteiger partial charge in [-0.15, -0.1) is 0 Å². The number of nitrogens with zero attached hydrogens (tertiary/aromatic N) is 4. The van der Waals surface area contributed by atoms with Crippen LogP contribution in [-0.4, -0.2) is 114 Å². The van der Waals surface area contributed by atoms with E-state index in [-0.39, 0.29) is 0 Å². The first-order chi connectivity index (χ1) is 18.1. The monoisotopic (exact) mass is 578 g/mol. The fraction of sp³-hybridized carbons (Fsp3) is 0.783. The summed E-state index contributed by atoms with van der Waals surface area (Å²) in [6.07, 6.45) is -3.43. The zero-order valence-electron chi connectivity index (χ0n) is 22.1. The van der Waals surface area contributed by atoms with Crippen LogP contribution in [0.5, 0.6) is 0 Å². The van der Waals surface area contributed by atoms with Gasteiger partial charge >= 0.3 is 24.3 Å². The van der Waals surface area contributed by atoms with Gasteiger partial charge in [-0.2, -0.15) is 31.4 Å². The molecule has 1 spiro atoms. The Labute approximate surface area is 222 Å². The van der Waals surface area contributed by atoms with E-state index in [0.717, 1.165) is 39.4 Å². The van der Waals surface area contributed by atoms with Gasteiger partial charge in [0, 0.05) is 64.6 Å². The average Bonchev–Trinajstić information content (AvgIpc) is 3.43. The summed E-state index contributed by atoms with van der Waals surface area (Å²) in [6, 6.07) is 0. The molecule has 2 aliphatic rings. The van der Waals surface area contributed by atoms with Crippen LogP contribution in [0.1, 0.15) is 25.3 Å². The van der Waals surface area contributed by atoms with Gasteiger partial charge in [0.05, 0.1) is 19.4 Å². The van der Waals surface area contributed by atoms with E-state index in [1.54, 1.807) is 7.11 Å². The molecule has 226 valence electrons. The molecule has 39 heavy (non-hydrogen) atoms. The minimum absolute atomic E-state index is 0.424. The Kier molecular flexibility index (Phi) is 13.6. The van der Waals surface area contributed by atoms with Crippen molar-refractivity contribution in [3.8, 4) is 0 Å². The second kappa shape index (κ2) is 15.4. The average molecular weight is 579 g/mol. The summed E-state index contributed by atoms with van der Waals surface area (Å²) in [6.45, 7) is 11.6. The number of likely N-dealkylation sites (tertiary alicyclic amines) is 2. The van der Waals surface area contributed by atoms with Crippen molar-refractivity contribution >= 4 is 11.9 Å². The van der Waals surface area contributed by atoms with Crippen LogP contribution in [0.3, 0.4) is 0 Å². The third kappa shape index (κ3) is 11.7. The number of rotatable bonds is 8. The Hall–Kier alpha value is -2.43. The molecule has 0 aliphatic carbocycles. The molecule has 0 radical (unpaired) electrons. The number of carboxylic acids is 2. The standard InChI is InChI=1S/C19H34N4O2.2C2HF3O2/c1-4-23-13-17(11-20-23)12-21-7-5-19(6-8-21)16-22(9-10-24-2)14-18(19)15-25-3;2*3-2(4,5)1(6)7/h11,13,18H,4-10,12,14-16H2,1-3H3;2*(H,6,7). The number of ether oxygens (including phenoxy) is 2. The molecule has 0 bridgehead atoms. The largest absolute Gasteiger partial charge is 0.490 e. The van der Waals surface area contributed by atoms with Crippen molar-refractivity contribution in [3.63, 3.8) is 0 Å². The first-order valence-electron chi connectivity index (χ1n) is 12.1. The lowest BCUT2D eigenvalue weighted by molar-refractivity contribution is -0.193. The van der Waals surface area contributed by atoms with Gasteiger partial charge in [-0.3, -0.25) is 9.58 Å². The van der Waals surface area contributed by atoms with Gasteiger partial charge in [-0.1, -0.05) is 0 Å². The summed E-state index contributed by atoms with van der Waals surface area (Å²) in [7, 11) is 3.63. The number of piperidine rings is 1. The van der Waals surface area contributed by atoms with Crippen LogP contribution in [0.4, 0.5) is 26.3 Å². The number of carboxylic acid groups (broad SMARTS) is 2. The summed E-state index contributed by atoms with van der Waals surface area (Å²) in [4.78, 5) is 23.0. The Morgan fingerprint density at radius 3 is 1.97 bits per heavy atom. The lowest BCUT2D eigenvalue weighted by Crippen LogP contribution is -2.45. The highest BCUT2D eigenvalue weighted by Crippen LogP contribution is 2.45. The van der Waals surface area contributed by atoms with Crippen molar-refractivity contribution in [2.45, 2.75) is 45.2 Å². The normalized spacial score (nSPS) is 19.7. The van der Waals surface area contributed by atoms with Gasteiger partial charge in [0.15, 0.2) is 0 Å². The first kappa shape index (κ1) is 34.6. The number of hydrogen-bond donors (Lipinski definition) is 2. The van der Waals surface area contributed by atoms with Crippen LogP contribution in [-0.2, 0) is 32.2 Å². The topological polar surface area (TPSA) is 117 Å². The summed E-state index contributed by atoms with van der Waals surface area (Å²) >= 11 is 0. The third-order valence-electron chi connectivity index (χ3n) is 6.62. The van der Waals surface area contributed by atoms with Crippen molar-refractivity contribution in [1.29, 1.82) is 0 Å². The van der Waals surface area contributed by atoms with E-state index in [0.29, 0.717) is 11.3 Å². The second-order valence-electron chi connectivity index (χ2n) is 9.33. The molecule has 1 aromatic rings. The molecule has 16 heteroatoms. The van der Waals surface area contributed by atoms with Crippen LogP contribution in [0.25, 0.3) is 0 Å². The molecule has 2 fully saturated rings. The predicted octanol–water partition coefficient (Wildman–Crippen LogP) is 2.98. The van der Waals surface area contributed by atoms with Crippen molar-refractivity contribution in [2.75, 3.05) is 60.2 Å². The number of halogens is 6. The molecule has 2 N–H and O–H groups in total. The van der Waals surface area contributed by atoms with Gasteiger partial charge in [0.25, 0.3) is 0 Å². The Bertz CT molecular complexity index is 863. The van der Waals surface area contributed by atoms with E-state index in [4.69, 9.17) is 29.3 Å². The summed E-state index contributed by atoms with van der Waals surface area (Å²) < 4.78 is 76.3. The van der Waals surface area contributed by atoms with Crippen molar-refractivity contribution in [3.05, 3.63) is 18.0 Å². The van der Waals surface area contributed by atoms with E-state index in [9.17, 15) is 26.3 Å². The second-order valence-corrected chi connectivity index (χ2v) is 9.33. The highest BCUT2D eigenvalue weighted by Gasteiger charge is 2.47. The fourth-order valence-electron chi connectivity index (χ4n) is 4.61. The van der Waals surface area contributed by atoms with Crippen LogP contribution >= 0.6 is 0 Å². The SMILES string of the molecule is CCn1cc(CN2CCC3(CC2)CN(CCOC)CC3COC)cn1.O=C(O)C(F)(F)F.O=C(O)C(F)(F)F. The molecule has 3 rings (SSSR count). The van der Waals surface area contributed by atoms with Crippen molar-refractivity contribution in [1.82, 2.24) is 19.6 Å². The number of aryl methyl sites for hydroxylation is 1. The lowest BCUT2D eigenvalue weighted by atomic mass is 9.71. The van der Waals surface area contributed by atoms with Crippen molar-refractivity contribution in [2.24, 2.45) is 11.3 Å². The quantitative estimate of drug-likeness (QED) is 0.449. The Morgan fingerprint density at radius 1 is 1.03 bits per heavy atom. The van der Waals surface area contributed by atoms with E-state index < -0.39 is 24.3 Å². The number of aliphatic carboxylic acids is 2. The van der Waals surface area contributed by atoms with Gasteiger partial charge in [0.2, 0.25) is 0 Å². The molecular weight excluding hydrogens is 542 g/mol. The van der Waals surface area contributed by atoms with Crippen LogP contribution in [0.2, 0.25) is 0 Å². The smallest absolute Gasteiger partial charge is 0.475 e. The summed E-state index contributed by atoms with van der Waals surface area (Å²) in [5.41, 5.74) is 1.76. The van der Waals surface area contributed by atoms with Gasteiger partial charge in [-0.25, -0.2) is 9.59 Å². The number of hydrogen-bond acceptors (Lipinski definition) is 7. The fourth-order valence-corrected chi connectivity index (χ4v) is 4.61. The van der Waals surface area contributed by atoms with Crippen molar-refractivity contribution < 1.29 is 55.6 Å². The maximum Gasteiger partial charge on any atom is 0.490 e. The zero-order chi connectivity index (χ0) is 29.9. The van der Waals surface area contributed by atoms with Crippen LogP contribution < -0.4 is 0 Å². The third-order valence-corrected chi connectivity index (χ3v) is 6.62. The highest BCUT2D eigenvalue weighted by molar-refractivity contribution is 5.73. The van der Waals surface area contributed by atoms with Gasteiger partial charge in [-0.05, 0) is 38.3 Å². The summed E-state index contributed by atoms with van der Waals surface area (Å²) in [5, 5.41) is 18.7.